The highest BCUT2D eigenvalue weighted by molar-refractivity contribution is 6.01. The van der Waals surface area contributed by atoms with Crippen molar-refractivity contribution in [2.75, 3.05) is 50.8 Å². The van der Waals surface area contributed by atoms with E-state index in [4.69, 9.17) is 9.72 Å². The van der Waals surface area contributed by atoms with E-state index in [2.05, 4.69) is 42.8 Å². The number of hydrogen-bond acceptors (Lipinski definition) is 6. The molecule has 2 aromatic heterocycles. The maximum absolute atomic E-state index is 12.6. The number of carbonyl (C=O) groups excluding carboxylic acids is 1. The molecule has 4 heterocycles. The van der Waals surface area contributed by atoms with Crippen molar-refractivity contribution in [3.63, 3.8) is 0 Å². The molecule has 9 nitrogen and oxygen atoms in total. The second-order valence-corrected chi connectivity index (χ2v) is 8.45. The van der Waals surface area contributed by atoms with E-state index < -0.39 is 0 Å². The third kappa shape index (κ3) is 3.49. The molecule has 0 saturated carbocycles. The van der Waals surface area contributed by atoms with Gasteiger partial charge < -0.3 is 25.3 Å². The summed E-state index contributed by atoms with van der Waals surface area (Å²) < 4.78 is 5.46. The first-order chi connectivity index (χ1) is 15.7. The molecule has 2 aromatic carbocycles. The van der Waals surface area contributed by atoms with Crippen molar-refractivity contribution < 1.29 is 9.53 Å². The molecular formula is C23H25N7O2. The zero-order valence-corrected chi connectivity index (χ0v) is 17.6. The quantitative estimate of drug-likeness (QED) is 0.384. The number of benzene rings is 2. The predicted molar refractivity (Wildman–Crippen MR) is 123 cm³/mol. The highest BCUT2D eigenvalue weighted by atomic mass is 16.5. The van der Waals surface area contributed by atoms with Gasteiger partial charge in [0.05, 0.1) is 29.8 Å². The van der Waals surface area contributed by atoms with Crippen molar-refractivity contribution in [2.45, 2.75) is 0 Å². The molecule has 9 heteroatoms. The van der Waals surface area contributed by atoms with E-state index in [-0.39, 0.29) is 5.91 Å². The van der Waals surface area contributed by atoms with Gasteiger partial charge in [-0.1, -0.05) is 0 Å². The van der Waals surface area contributed by atoms with E-state index in [0.29, 0.717) is 29.5 Å². The fourth-order valence-corrected chi connectivity index (χ4v) is 4.30. The number of rotatable bonds is 5. The molecule has 0 aliphatic carbocycles. The number of aromatic nitrogens is 4. The number of anilines is 1. The first-order valence-corrected chi connectivity index (χ1v) is 11.0. The second kappa shape index (κ2) is 7.92. The monoisotopic (exact) mass is 431 g/mol. The largest absolute Gasteiger partial charge is 0.378 e. The number of hydrogen-bond donors (Lipinski definition) is 4. The summed E-state index contributed by atoms with van der Waals surface area (Å²) in [6.45, 7) is 5.89. The second-order valence-electron chi connectivity index (χ2n) is 8.45. The predicted octanol–water partition coefficient (Wildman–Crippen LogP) is 1.89. The molecule has 0 unspecified atom stereocenters. The number of amides is 1. The number of ether oxygens (including phenoxy) is 1. The van der Waals surface area contributed by atoms with Crippen molar-refractivity contribution in [3.8, 4) is 11.5 Å². The van der Waals surface area contributed by atoms with Gasteiger partial charge in [0.15, 0.2) is 5.82 Å². The van der Waals surface area contributed by atoms with E-state index in [1.165, 1.54) is 0 Å². The van der Waals surface area contributed by atoms with Crippen LogP contribution in [0.15, 0.2) is 36.4 Å². The summed E-state index contributed by atoms with van der Waals surface area (Å²) in [6, 6.07) is 11.9. The Labute approximate surface area is 184 Å². The minimum atomic E-state index is -0.0642. The lowest BCUT2D eigenvalue weighted by Crippen LogP contribution is -2.48. The van der Waals surface area contributed by atoms with Crippen LogP contribution < -0.4 is 15.5 Å². The summed E-state index contributed by atoms with van der Waals surface area (Å²) >= 11 is 0. The van der Waals surface area contributed by atoms with Crippen LogP contribution >= 0.6 is 0 Å². The van der Waals surface area contributed by atoms with Crippen LogP contribution in [0.4, 0.5) is 5.69 Å². The van der Waals surface area contributed by atoms with Crippen LogP contribution in [-0.4, -0.2) is 72.0 Å². The molecule has 2 aliphatic rings. The van der Waals surface area contributed by atoms with Gasteiger partial charge in [-0.2, -0.15) is 5.10 Å². The third-order valence-electron chi connectivity index (χ3n) is 6.31. The number of aromatic amines is 2. The molecule has 0 atom stereocenters. The van der Waals surface area contributed by atoms with Crippen molar-refractivity contribution in [2.24, 2.45) is 5.92 Å². The standard InChI is InChI=1S/C23H25N7O2/c31-23(25-13-14-11-24-12-14)15-1-3-18-17(9-15)21(29-28-18)22-26-19-4-2-16(10-20(19)27-22)30-5-7-32-8-6-30/h1-4,9-10,14,24H,5-8,11-13H2,(H,25,31)(H,26,27)(H,28,29). The lowest BCUT2D eigenvalue weighted by Gasteiger charge is -2.28. The fourth-order valence-electron chi connectivity index (χ4n) is 4.30. The number of fused-ring (bicyclic) bond motifs is 2. The van der Waals surface area contributed by atoms with E-state index in [1.54, 1.807) is 0 Å². The maximum atomic E-state index is 12.6. The summed E-state index contributed by atoms with van der Waals surface area (Å²) in [7, 11) is 0. The van der Waals surface area contributed by atoms with Crippen molar-refractivity contribution >= 4 is 33.5 Å². The van der Waals surface area contributed by atoms with Gasteiger partial charge in [-0.15, -0.1) is 0 Å². The average Bonchev–Trinajstić information content (AvgIpc) is 3.41. The highest BCUT2D eigenvalue weighted by Crippen LogP contribution is 2.29. The van der Waals surface area contributed by atoms with Gasteiger partial charge in [-0.3, -0.25) is 9.89 Å². The molecule has 6 rings (SSSR count). The molecular weight excluding hydrogens is 406 g/mol. The zero-order valence-electron chi connectivity index (χ0n) is 17.6. The number of imidazole rings is 1. The normalized spacial score (nSPS) is 17.1. The first-order valence-electron chi connectivity index (χ1n) is 11.0. The van der Waals surface area contributed by atoms with Gasteiger partial charge in [0.2, 0.25) is 0 Å². The summed E-state index contributed by atoms with van der Waals surface area (Å²) in [6.07, 6.45) is 0. The highest BCUT2D eigenvalue weighted by Gasteiger charge is 2.19. The summed E-state index contributed by atoms with van der Waals surface area (Å²) in [4.78, 5) is 23.1. The van der Waals surface area contributed by atoms with Crippen LogP contribution in [0.2, 0.25) is 0 Å². The Hall–Kier alpha value is -3.43. The molecule has 2 aliphatic heterocycles. The molecule has 1 amide bonds. The Kier molecular flexibility index (Phi) is 4.77. The van der Waals surface area contributed by atoms with Crippen molar-refractivity contribution in [1.29, 1.82) is 0 Å². The molecule has 0 spiro atoms. The molecule has 4 aromatic rings. The minimum absolute atomic E-state index is 0.0642. The SMILES string of the molecule is O=C(NCC1CNC1)c1ccc2[nH]nc(-c3nc4ccc(N5CCOCC5)cc4[nH]3)c2c1. The Morgan fingerprint density at radius 3 is 2.81 bits per heavy atom. The molecule has 32 heavy (non-hydrogen) atoms. The van der Waals surface area contributed by atoms with Gasteiger partial charge in [0.25, 0.3) is 5.91 Å². The van der Waals surface area contributed by atoms with Gasteiger partial charge in [-0.25, -0.2) is 4.98 Å². The molecule has 2 fully saturated rings. The van der Waals surface area contributed by atoms with Crippen LogP contribution in [0.25, 0.3) is 33.5 Å². The minimum Gasteiger partial charge on any atom is -0.378 e. The van der Waals surface area contributed by atoms with Crippen molar-refractivity contribution in [3.05, 3.63) is 42.0 Å². The summed E-state index contributed by atoms with van der Waals surface area (Å²) in [5, 5.41) is 14.7. The zero-order chi connectivity index (χ0) is 21.5. The number of carbonyl (C=O) groups is 1. The summed E-state index contributed by atoms with van der Waals surface area (Å²) in [5.74, 6) is 1.14. The molecule has 0 bridgehead atoms. The Morgan fingerprint density at radius 2 is 2.00 bits per heavy atom. The maximum Gasteiger partial charge on any atom is 0.251 e. The third-order valence-corrected chi connectivity index (χ3v) is 6.31. The Balaban J connectivity index is 1.30. The number of nitrogens with one attached hydrogen (secondary N) is 4. The number of morpholine rings is 1. The van der Waals surface area contributed by atoms with Crippen LogP contribution in [0.3, 0.4) is 0 Å². The average molecular weight is 432 g/mol. The topological polar surface area (TPSA) is 111 Å². The van der Waals surface area contributed by atoms with Gasteiger partial charge in [0.1, 0.15) is 5.69 Å². The van der Waals surface area contributed by atoms with Gasteiger partial charge in [-0.05, 0) is 36.4 Å². The smallest absolute Gasteiger partial charge is 0.251 e. The van der Waals surface area contributed by atoms with Crippen LogP contribution in [0.1, 0.15) is 10.4 Å². The molecule has 164 valence electrons. The van der Waals surface area contributed by atoms with Crippen molar-refractivity contribution in [1.82, 2.24) is 30.8 Å². The van der Waals surface area contributed by atoms with E-state index in [9.17, 15) is 4.79 Å². The molecule has 4 N–H and O–H groups in total. The Bertz CT molecular complexity index is 1280. The van der Waals surface area contributed by atoms with E-state index in [0.717, 1.165) is 67.0 Å². The lowest BCUT2D eigenvalue weighted by molar-refractivity contribution is 0.0942. The van der Waals surface area contributed by atoms with Crippen LogP contribution in [0.5, 0.6) is 0 Å². The lowest BCUT2D eigenvalue weighted by atomic mass is 10.0. The first kappa shape index (κ1) is 19.3. The molecule has 2 saturated heterocycles. The Morgan fingerprint density at radius 1 is 1.12 bits per heavy atom. The number of nitrogens with zero attached hydrogens (tertiary/aromatic N) is 3. The van der Waals surface area contributed by atoms with Gasteiger partial charge >= 0.3 is 0 Å². The van der Waals surface area contributed by atoms with Gasteiger partial charge in [0, 0.05) is 55.3 Å². The van der Waals surface area contributed by atoms with Crippen LogP contribution in [0, 0.1) is 5.92 Å². The van der Waals surface area contributed by atoms with E-state index >= 15 is 0 Å². The number of H-pyrrole nitrogens is 2. The summed E-state index contributed by atoms with van der Waals surface area (Å²) in [5.41, 5.74) is 5.21. The van der Waals surface area contributed by atoms with E-state index in [1.807, 2.05) is 24.3 Å². The van der Waals surface area contributed by atoms with Crippen LogP contribution in [-0.2, 0) is 4.74 Å². The fraction of sp³-hybridized carbons (Fsp3) is 0.348. The molecule has 0 radical (unpaired) electrons.